The molecule has 3 unspecified atom stereocenters. The van der Waals surface area contributed by atoms with Crippen molar-refractivity contribution in [2.45, 2.75) is 46.3 Å². The third-order valence-corrected chi connectivity index (χ3v) is 4.33. The van der Waals surface area contributed by atoms with Gasteiger partial charge in [0.2, 0.25) is 0 Å². The fraction of sp³-hybridized carbons (Fsp3) is 0.909. The maximum Gasteiger partial charge on any atom is 0.192 e. The first-order chi connectivity index (χ1) is 5.82. The Morgan fingerprint density at radius 2 is 1.85 bits per heavy atom. The Hall–Kier alpha value is 0.0200. The summed E-state index contributed by atoms with van der Waals surface area (Å²) in [6, 6.07) is 0. The van der Waals surface area contributed by atoms with Crippen LogP contribution in [-0.4, -0.2) is 10.4 Å². The molecule has 0 radical (unpaired) electrons. The van der Waals surface area contributed by atoms with Crippen molar-refractivity contribution in [1.29, 1.82) is 0 Å². The van der Waals surface area contributed by atoms with Gasteiger partial charge in [-0.25, -0.2) is 0 Å². The first-order valence-electron chi connectivity index (χ1n) is 5.03. The molecule has 0 aromatic carbocycles. The molecule has 1 aliphatic heterocycles. The van der Waals surface area contributed by atoms with Crippen LogP contribution in [0.2, 0.25) is 0 Å². The minimum atomic E-state index is 0.255. The summed E-state index contributed by atoms with van der Waals surface area (Å²) in [5.41, 5.74) is 0.335. The standard InChI is InChI=1S/C11H20OS/c1-7-6-9(11(3,4)5)8(2)13-10(7)12/h7-9H,6H2,1-5H3. The van der Waals surface area contributed by atoms with Gasteiger partial charge in [-0.2, -0.15) is 0 Å². The second-order valence-corrected chi connectivity index (χ2v) is 6.63. The number of hydrogen-bond acceptors (Lipinski definition) is 2. The van der Waals surface area contributed by atoms with Crippen molar-refractivity contribution in [3.8, 4) is 0 Å². The molecule has 13 heavy (non-hydrogen) atoms. The van der Waals surface area contributed by atoms with Gasteiger partial charge >= 0.3 is 0 Å². The average Bonchev–Trinajstić information content (AvgIpc) is 1.94. The molecular formula is C11H20OS. The van der Waals surface area contributed by atoms with Crippen molar-refractivity contribution in [3.63, 3.8) is 0 Å². The van der Waals surface area contributed by atoms with E-state index < -0.39 is 0 Å². The summed E-state index contributed by atoms with van der Waals surface area (Å²) >= 11 is 1.55. The van der Waals surface area contributed by atoms with Gasteiger partial charge in [0.05, 0.1) is 0 Å². The van der Waals surface area contributed by atoms with Gasteiger partial charge in [0, 0.05) is 11.2 Å². The lowest BCUT2D eigenvalue weighted by atomic mass is 9.74. The zero-order valence-corrected chi connectivity index (χ0v) is 10.1. The highest BCUT2D eigenvalue weighted by molar-refractivity contribution is 8.14. The number of carbonyl (C=O) groups excluding carboxylic acids is 1. The summed E-state index contributed by atoms with van der Waals surface area (Å²) in [5.74, 6) is 0.927. The molecule has 2 heteroatoms. The third kappa shape index (κ3) is 2.49. The summed E-state index contributed by atoms with van der Waals surface area (Å²) in [6.45, 7) is 11.1. The second-order valence-electron chi connectivity index (χ2n) is 5.25. The van der Waals surface area contributed by atoms with E-state index in [2.05, 4.69) is 34.6 Å². The van der Waals surface area contributed by atoms with Crippen LogP contribution < -0.4 is 0 Å². The molecule has 0 spiro atoms. The van der Waals surface area contributed by atoms with E-state index in [0.29, 0.717) is 21.7 Å². The predicted molar refractivity (Wildman–Crippen MR) is 58.8 cm³/mol. The predicted octanol–water partition coefficient (Wildman–Crippen LogP) is 3.34. The van der Waals surface area contributed by atoms with Gasteiger partial charge in [0.25, 0.3) is 0 Å². The summed E-state index contributed by atoms with van der Waals surface area (Å²) in [6.07, 6.45) is 1.07. The number of hydrogen-bond donors (Lipinski definition) is 0. The van der Waals surface area contributed by atoms with E-state index in [1.807, 2.05) is 0 Å². The quantitative estimate of drug-likeness (QED) is 0.596. The Labute approximate surface area is 85.7 Å². The average molecular weight is 200 g/mol. The van der Waals surface area contributed by atoms with E-state index in [1.54, 1.807) is 11.8 Å². The molecule has 1 rings (SSSR count). The monoisotopic (exact) mass is 200 g/mol. The lowest BCUT2D eigenvalue weighted by molar-refractivity contribution is -0.115. The molecule has 0 N–H and O–H groups in total. The molecule has 0 bridgehead atoms. The maximum absolute atomic E-state index is 11.4. The van der Waals surface area contributed by atoms with Crippen LogP contribution >= 0.6 is 11.8 Å². The Morgan fingerprint density at radius 3 is 2.31 bits per heavy atom. The molecule has 1 fully saturated rings. The fourth-order valence-electron chi connectivity index (χ4n) is 2.11. The van der Waals surface area contributed by atoms with E-state index in [9.17, 15) is 4.79 Å². The van der Waals surface area contributed by atoms with Crippen molar-refractivity contribution in [2.75, 3.05) is 0 Å². The van der Waals surface area contributed by atoms with Crippen LogP contribution in [0.1, 0.15) is 41.0 Å². The summed E-state index contributed by atoms with van der Waals surface area (Å²) in [7, 11) is 0. The Balaban J connectivity index is 2.72. The van der Waals surface area contributed by atoms with Crippen LogP contribution in [0.3, 0.4) is 0 Å². The van der Waals surface area contributed by atoms with Gasteiger partial charge in [0.15, 0.2) is 5.12 Å². The van der Waals surface area contributed by atoms with Crippen LogP contribution in [0.4, 0.5) is 0 Å². The lowest BCUT2D eigenvalue weighted by Crippen LogP contribution is -2.36. The number of thioether (sulfide) groups is 1. The van der Waals surface area contributed by atoms with Crippen LogP contribution in [0.25, 0.3) is 0 Å². The van der Waals surface area contributed by atoms with Crippen LogP contribution in [0.5, 0.6) is 0 Å². The zero-order chi connectivity index (χ0) is 10.2. The van der Waals surface area contributed by atoms with Gasteiger partial charge in [-0.05, 0) is 17.8 Å². The van der Waals surface area contributed by atoms with Gasteiger partial charge in [-0.3, -0.25) is 4.79 Å². The van der Waals surface area contributed by atoms with E-state index in [0.717, 1.165) is 6.42 Å². The molecule has 0 amide bonds. The first-order valence-corrected chi connectivity index (χ1v) is 5.91. The van der Waals surface area contributed by atoms with Crippen LogP contribution in [-0.2, 0) is 4.79 Å². The Bertz CT molecular complexity index is 205. The van der Waals surface area contributed by atoms with Gasteiger partial charge < -0.3 is 0 Å². The normalized spacial score (nSPS) is 36.4. The lowest BCUT2D eigenvalue weighted by Gasteiger charge is -2.39. The van der Waals surface area contributed by atoms with Gasteiger partial charge in [-0.1, -0.05) is 46.4 Å². The van der Waals surface area contributed by atoms with Crippen molar-refractivity contribution < 1.29 is 4.79 Å². The van der Waals surface area contributed by atoms with Crippen molar-refractivity contribution in [2.24, 2.45) is 17.3 Å². The number of rotatable bonds is 0. The highest BCUT2D eigenvalue weighted by Gasteiger charge is 2.38. The summed E-state index contributed by atoms with van der Waals surface area (Å²) in [5, 5.41) is 0.872. The van der Waals surface area contributed by atoms with Crippen molar-refractivity contribution >= 4 is 16.9 Å². The molecule has 0 aromatic heterocycles. The minimum absolute atomic E-state index is 0.255. The van der Waals surface area contributed by atoms with Gasteiger partial charge in [-0.15, -0.1) is 0 Å². The van der Waals surface area contributed by atoms with Crippen molar-refractivity contribution in [3.05, 3.63) is 0 Å². The highest BCUT2D eigenvalue weighted by Crippen LogP contribution is 2.43. The molecule has 3 atom stereocenters. The molecule has 0 aromatic rings. The smallest absolute Gasteiger partial charge is 0.192 e. The van der Waals surface area contributed by atoms with Gasteiger partial charge in [0.1, 0.15) is 0 Å². The molecular weight excluding hydrogens is 180 g/mol. The first kappa shape index (κ1) is 11.1. The molecule has 76 valence electrons. The summed E-state index contributed by atoms with van der Waals surface area (Å²) < 4.78 is 0. The molecule has 0 saturated carbocycles. The SMILES string of the molecule is CC1CC(C(C)(C)C)C(C)SC1=O. The van der Waals surface area contributed by atoms with Crippen molar-refractivity contribution in [1.82, 2.24) is 0 Å². The summed E-state index contributed by atoms with van der Waals surface area (Å²) in [4.78, 5) is 11.4. The molecule has 0 aliphatic carbocycles. The largest absolute Gasteiger partial charge is 0.287 e. The Kier molecular flexibility index (Phi) is 3.11. The second kappa shape index (κ2) is 3.64. The zero-order valence-electron chi connectivity index (χ0n) is 9.26. The fourth-order valence-corrected chi connectivity index (χ4v) is 3.49. The number of carbonyl (C=O) groups is 1. The highest BCUT2D eigenvalue weighted by atomic mass is 32.2. The van der Waals surface area contributed by atoms with E-state index in [4.69, 9.17) is 0 Å². The van der Waals surface area contributed by atoms with E-state index in [1.165, 1.54) is 0 Å². The molecule has 1 aliphatic rings. The Morgan fingerprint density at radius 1 is 1.31 bits per heavy atom. The maximum atomic E-state index is 11.4. The van der Waals surface area contributed by atoms with Crippen LogP contribution in [0, 0.1) is 17.3 Å². The molecule has 1 saturated heterocycles. The minimum Gasteiger partial charge on any atom is -0.287 e. The topological polar surface area (TPSA) is 17.1 Å². The third-order valence-electron chi connectivity index (χ3n) is 2.99. The molecule has 1 nitrogen and oxygen atoms in total. The van der Waals surface area contributed by atoms with E-state index >= 15 is 0 Å². The van der Waals surface area contributed by atoms with Crippen LogP contribution in [0.15, 0.2) is 0 Å². The molecule has 1 heterocycles. The van der Waals surface area contributed by atoms with E-state index in [-0.39, 0.29) is 5.92 Å².